The number of thiophene rings is 1. The number of aromatic nitrogens is 3. The Balaban J connectivity index is 1.16. The lowest BCUT2D eigenvalue weighted by atomic mass is 9.99. The summed E-state index contributed by atoms with van der Waals surface area (Å²) in [5, 5.41) is 3.54. The van der Waals surface area contributed by atoms with Crippen molar-refractivity contribution in [3.63, 3.8) is 0 Å². The number of hydrogen-bond acceptors (Lipinski definition) is 6. The highest BCUT2D eigenvalue weighted by atomic mass is 32.1. The van der Waals surface area contributed by atoms with E-state index in [1.807, 2.05) is 6.92 Å². The van der Waals surface area contributed by atoms with Crippen LogP contribution in [0, 0.1) is 6.92 Å². The molecule has 2 aliphatic heterocycles. The molecule has 0 spiro atoms. The van der Waals surface area contributed by atoms with Crippen LogP contribution in [0.15, 0.2) is 39.2 Å². The van der Waals surface area contributed by atoms with Crippen LogP contribution in [-0.4, -0.2) is 43.8 Å². The van der Waals surface area contributed by atoms with Gasteiger partial charge in [-0.1, -0.05) is 18.2 Å². The van der Waals surface area contributed by atoms with Gasteiger partial charge in [-0.05, 0) is 68.3 Å². The molecule has 0 radical (unpaired) electrons. The number of fused-ring (bicyclic) bond motifs is 3. The van der Waals surface area contributed by atoms with Crippen molar-refractivity contribution in [1.29, 1.82) is 0 Å². The van der Waals surface area contributed by atoms with Crippen molar-refractivity contribution >= 4 is 21.4 Å². The quantitative estimate of drug-likeness (QED) is 0.506. The normalized spacial score (nSPS) is 22.9. The number of nitrogens with zero attached hydrogens (tertiary/aromatic N) is 4. The average molecular weight is 469 g/mol. The molecular formula is C25H32N4O3S. The molecule has 1 aromatic carbocycles. The van der Waals surface area contributed by atoms with Crippen LogP contribution in [0.2, 0.25) is 0 Å². The first-order valence-corrected chi connectivity index (χ1v) is 12.9. The SMILES string of the molecule is CCn1c(C)nc(=O)n(CCCN2C3CCC2CC(OCc2csc4ccccc24)C3)c1=O. The number of piperidine rings is 1. The number of aryl methyl sites for hydroxylation is 1. The number of hydrogen-bond donors (Lipinski definition) is 0. The van der Waals surface area contributed by atoms with Crippen molar-refractivity contribution in [3.05, 3.63) is 62.0 Å². The van der Waals surface area contributed by atoms with Gasteiger partial charge in [0.25, 0.3) is 0 Å². The summed E-state index contributed by atoms with van der Waals surface area (Å²) >= 11 is 1.79. The summed E-state index contributed by atoms with van der Waals surface area (Å²) in [6.45, 7) is 6.14. The summed E-state index contributed by atoms with van der Waals surface area (Å²) < 4.78 is 10.6. The molecule has 2 atom stereocenters. The Morgan fingerprint density at radius 2 is 1.85 bits per heavy atom. The highest BCUT2D eigenvalue weighted by molar-refractivity contribution is 7.17. The number of rotatable bonds is 8. The Labute approximate surface area is 197 Å². The maximum atomic E-state index is 12.6. The van der Waals surface area contributed by atoms with Crippen molar-refractivity contribution in [2.24, 2.45) is 0 Å². The molecule has 176 valence electrons. The fourth-order valence-corrected chi connectivity index (χ4v) is 6.62. The second-order valence-electron chi connectivity index (χ2n) is 9.26. The first-order valence-electron chi connectivity index (χ1n) is 12.1. The maximum Gasteiger partial charge on any atom is 0.353 e. The van der Waals surface area contributed by atoms with Gasteiger partial charge >= 0.3 is 11.4 Å². The highest BCUT2D eigenvalue weighted by Gasteiger charge is 2.40. The van der Waals surface area contributed by atoms with E-state index in [1.54, 1.807) is 22.8 Å². The van der Waals surface area contributed by atoms with Gasteiger partial charge in [0.2, 0.25) is 0 Å². The zero-order valence-electron chi connectivity index (χ0n) is 19.4. The van der Waals surface area contributed by atoms with Gasteiger partial charge < -0.3 is 4.74 Å². The molecule has 2 saturated heterocycles. The molecule has 0 N–H and O–H groups in total. The van der Waals surface area contributed by atoms with Crippen molar-refractivity contribution in [1.82, 2.24) is 19.0 Å². The third-order valence-electron chi connectivity index (χ3n) is 7.33. The molecule has 33 heavy (non-hydrogen) atoms. The Hall–Kier alpha value is -2.29. The van der Waals surface area contributed by atoms with Crippen LogP contribution in [-0.2, 0) is 24.4 Å². The van der Waals surface area contributed by atoms with E-state index in [-0.39, 0.29) is 5.69 Å². The van der Waals surface area contributed by atoms with Gasteiger partial charge in [-0.25, -0.2) is 14.2 Å². The van der Waals surface area contributed by atoms with E-state index in [0.29, 0.717) is 43.7 Å². The highest BCUT2D eigenvalue weighted by Crippen LogP contribution is 2.37. The van der Waals surface area contributed by atoms with Crippen molar-refractivity contribution in [2.45, 2.75) is 83.8 Å². The molecule has 2 aliphatic rings. The minimum absolute atomic E-state index is 0.244. The standard InChI is InChI=1S/C25H32N4O3S/c1-3-27-17(2)26-24(30)29(25(27)31)12-6-11-28-19-9-10-20(28)14-21(13-19)32-15-18-16-33-23-8-5-4-7-22(18)23/h4-5,7-8,16,19-21H,3,6,9-15H2,1-2H3. The summed E-state index contributed by atoms with van der Waals surface area (Å²) in [5.74, 6) is 0.485. The second kappa shape index (κ2) is 9.52. The largest absolute Gasteiger partial charge is 0.373 e. The first-order chi connectivity index (χ1) is 16.0. The Morgan fingerprint density at radius 1 is 1.09 bits per heavy atom. The van der Waals surface area contributed by atoms with Gasteiger partial charge in [0.15, 0.2) is 0 Å². The van der Waals surface area contributed by atoms with E-state index >= 15 is 0 Å². The Bertz CT molecular complexity index is 1230. The van der Waals surface area contributed by atoms with E-state index in [1.165, 1.54) is 33.1 Å². The Morgan fingerprint density at radius 3 is 2.61 bits per heavy atom. The summed E-state index contributed by atoms with van der Waals surface area (Å²) in [5.41, 5.74) is 0.615. The van der Waals surface area contributed by atoms with Crippen LogP contribution in [0.5, 0.6) is 0 Å². The minimum Gasteiger partial charge on any atom is -0.373 e. The van der Waals surface area contributed by atoms with Crippen LogP contribution < -0.4 is 11.4 Å². The topological polar surface area (TPSA) is 69.4 Å². The molecule has 7 nitrogen and oxygen atoms in total. The van der Waals surface area contributed by atoms with Crippen molar-refractivity contribution < 1.29 is 4.74 Å². The monoisotopic (exact) mass is 468 g/mol. The van der Waals surface area contributed by atoms with Gasteiger partial charge in [-0.3, -0.25) is 9.47 Å². The predicted molar refractivity (Wildman–Crippen MR) is 131 cm³/mol. The van der Waals surface area contributed by atoms with Crippen LogP contribution in [0.3, 0.4) is 0 Å². The van der Waals surface area contributed by atoms with E-state index in [9.17, 15) is 9.59 Å². The van der Waals surface area contributed by atoms with Crippen molar-refractivity contribution in [2.75, 3.05) is 6.54 Å². The van der Waals surface area contributed by atoms with Crippen molar-refractivity contribution in [3.8, 4) is 0 Å². The number of ether oxygens (including phenoxy) is 1. The molecule has 0 amide bonds. The summed E-state index contributed by atoms with van der Waals surface area (Å²) in [4.78, 5) is 31.5. The number of benzene rings is 1. The third-order valence-corrected chi connectivity index (χ3v) is 8.34. The maximum absolute atomic E-state index is 12.6. The molecule has 5 rings (SSSR count). The summed E-state index contributed by atoms with van der Waals surface area (Å²) in [7, 11) is 0. The van der Waals surface area contributed by atoms with Gasteiger partial charge in [0.1, 0.15) is 5.82 Å². The fourth-order valence-electron chi connectivity index (χ4n) is 5.67. The molecule has 2 bridgehead atoms. The molecule has 0 aliphatic carbocycles. The lowest BCUT2D eigenvalue weighted by Gasteiger charge is -2.38. The summed E-state index contributed by atoms with van der Waals surface area (Å²) in [6, 6.07) is 9.60. The zero-order chi connectivity index (χ0) is 22.9. The Kier molecular flexibility index (Phi) is 6.49. The van der Waals surface area contributed by atoms with E-state index < -0.39 is 5.69 Å². The molecule has 4 heterocycles. The third kappa shape index (κ3) is 4.44. The molecule has 0 saturated carbocycles. The van der Waals surface area contributed by atoms with E-state index in [2.05, 4.69) is 39.5 Å². The minimum atomic E-state index is -0.432. The van der Waals surface area contributed by atoms with Gasteiger partial charge in [-0.2, -0.15) is 4.98 Å². The second-order valence-corrected chi connectivity index (χ2v) is 10.2. The van der Waals surface area contributed by atoms with Crippen LogP contribution >= 0.6 is 11.3 Å². The van der Waals surface area contributed by atoms with Crippen LogP contribution in [0.25, 0.3) is 10.1 Å². The molecule has 3 aromatic rings. The molecule has 2 fully saturated rings. The lowest BCUT2D eigenvalue weighted by Crippen LogP contribution is -2.47. The van der Waals surface area contributed by atoms with Crippen LogP contribution in [0.4, 0.5) is 0 Å². The molecule has 2 aromatic heterocycles. The predicted octanol–water partition coefficient (Wildman–Crippen LogP) is 3.55. The van der Waals surface area contributed by atoms with Gasteiger partial charge in [-0.15, -0.1) is 11.3 Å². The van der Waals surface area contributed by atoms with E-state index in [0.717, 1.165) is 25.8 Å². The van der Waals surface area contributed by atoms with Gasteiger partial charge in [0, 0.05) is 36.4 Å². The smallest absolute Gasteiger partial charge is 0.353 e. The van der Waals surface area contributed by atoms with Crippen LogP contribution in [0.1, 0.15) is 50.4 Å². The fraction of sp³-hybridized carbons (Fsp3) is 0.560. The molecule has 8 heteroatoms. The lowest BCUT2D eigenvalue weighted by molar-refractivity contribution is -0.0281. The first kappa shape index (κ1) is 22.5. The van der Waals surface area contributed by atoms with Gasteiger partial charge in [0.05, 0.1) is 12.7 Å². The molecule has 2 unspecified atom stereocenters. The average Bonchev–Trinajstić information content (AvgIpc) is 3.32. The zero-order valence-corrected chi connectivity index (χ0v) is 20.2. The molecular weight excluding hydrogens is 436 g/mol. The summed E-state index contributed by atoms with van der Waals surface area (Å²) in [6.07, 6.45) is 5.63. The van der Waals surface area contributed by atoms with E-state index in [4.69, 9.17) is 4.74 Å².